The molecule has 5 nitrogen and oxygen atoms in total. The lowest BCUT2D eigenvalue weighted by Gasteiger charge is -2.29. The van der Waals surface area contributed by atoms with Crippen LogP contribution >= 0.6 is 0 Å². The van der Waals surface area contributed by atoms with Crippen LogP contribution in [0.1, 0.15) is 31.3 Å². The van der Waals surface area contributed by atoms with Crippen molar-refractivity contribution in [3.8, 4) is 0 Å². The third-order valence-electron chi connectivity index (χ3n) is 3.44. The molecule has 1 unspecified atom stereocenters. The zero-order valence-corrected chi connectivity index (χ0v) is 11.6. The number of furan rings is 1. The van der Waals surface area contributed by atoms with E-state index in [2.05, 4.69) is 28.3 Å². The van der Waals surface area contributed by atoms with Gasteiger partial charge in [0.15, 0.2) is 0 Å². The van der Waals surface area contributed by atoms with Crippen molar-refractivity contribution in [2.24, 2.45) is 5.73 Å². The first kappa shape index (κ1) is 13.8. The van der Waals surface area contributed by atoms with Crippen LogP contribution < -0.4 is 5.73 Å². The average Bonchev–Trinajstić information content (AvgIpc) is 3.09. The molecule has 104 valence electrons. The van der Waals surface area contributed by atoms with Crippen LogP contribution in [0.2, 0.25) is 0 Å². The summed E-state index contributed by atoms with van der Waals surface area (Å²) >= 11 is 0. The van der Waals surface area contributed by atoms with E-state index in [9.17, 15) is 0 Å². The fraction of sp³-hybridized carbons (Fsp3) is 0.500. The van der Waals surface area contributed by atoms with Crippen LogP contribution in [-0.4, -0.2) is 27.5 Å². The van der Waals surface area contributed by atoms with Crippen LogP contribution in [0.4, 0.5) is 0 Å². The zero-order valence-electron chi connectivity index (χ0n) is 11.6. The number of imidazole rings is 1. The van der Waals surface area contributed by atoms with Crippen molar-refractivity contribution >= 4 is 0 Å². The minimum absolute atomic E-state index is 0.164. The van der Waals surface area contributed by atoms with Gasteiger partial charge in [0.05, 0.1) is 30.9 Å². The van der Waals surface area contributed by atoms with Crippen LogP contribution in [0.25, 0.3) is 0 Å². The van der Waals surface area contributed by atoms with Crippen LogP contribution in [-0.2, 0) is 13.1 Å². The maximum atomic E-state index is 5.98. The summed E-state index contributed by atoms with van der Waals surface area (Å²) in [4.78, 5) is 6.54. The molecule has 0 aromatic carbocycles. The summed E-state index contributed by atoms with van der Waals surface area (Å²) in [6.07, 6.45) is 5.47. The molecule has 0 saturated heterocycles. The van der Waals surface area contributed by atoms with Crippen molar-refractivity contribution in [1.29, 1.82) is 0 Å². The molecule has 1 atom stereocenters. The molecule has 2 N–H and O–H groups in total. The van der Waals surface area contributed by atoms with Crippen LogP contribution in [0.3, 0.4) is 0 Å². The number of aryl methyl sites for hydroxylation is 1. The summed E-state index contributed by atoms with van der Waals surface area (Å²) in [6, 6.07) is 4.07. The van der Waals surface area contributed by atoms with Crippen LogP contribution in [0, 0.1) is 0 Å². The van der Waals surface area contributed by atoms with Crippen molar-refractivity contribution in [2.45, 2.75) is 33.0 Å². The van der Waals surface area contributed by atoms with Gasteiger partial charge in [-0.25, -0.2) is 4.98 Å². The number of nitrogens with zero attached hydrogens (tertiary/aromatic N) is 3. The molecule has 2 aromatic rings. The summed E-state index contributed by atoms with van der Waals surface area (Å²) in [5.41, 5.74) is 7.14. The van der Waals surface area contributed by atoms with E-state index in [1.807, 2.05) is 24.7 Å². The predicted octanol–water partition coefficient (Wildman–Crippen LogP) is 2.02. The maximum absolute atomic E-state index is 5.98. The van der Waals surface area contributed by atoms with Gasteiger partial charge in [-0.2, -0.15) is 0 Å². The third kappa shape index (κ3) is 3.05. The number of nitrogens with two attached hydrogens (primary N) is 1. The van der Waals surface area contributed by atoms with Crippen LogP contribution in [0.15, 0.2) is 35.3 Å². The Balaban J connectivity index is 2.18. The van der Waals surface area contributed by atoms with Gasteiger partial charge in [-0.1, -0.05) is 6.92 Å². The second-order valence-electron chi connectivity index (χ2n) is 4.50. The van der Waals surface area contributed by atoms with Gasteiger partial charge in [-0.3, -0.25) is 4.90 Å². The number of hydrogen-bond acceptors (Lipinski definition) is 4. The van der Waals surface area contributed by atoms with Gasteiger partial charge in [0.1, 0.15) is 5.76 Å². The molecule has 5 heteroatoms. The molecule has 0 radical (unpaired) electrons. The molecule has 2 heterocycles. The fourth-order valence-corrected chi connectivity index (χ4v) is 2.37. The Bertz CT molecular complexity index is 477. The van der Waals surface area contributed by atoms with Crippen molar-refractivity contribution in [1.82, 2.24) is 14.5 Å². The summed E-state index contributed by atoms with van der Waals surface area (Å²) in [6.45, 7) is 7.40. The van der Waals surface area contributed by atoms with E-state index >= 15 is 0 Å². The SMILES string of the molecule is CCN(Cc1ccco1)C(CN)c1cncn1CC. The predicted molar refractivity (Wildman–Crippen MR) is 74.5 cm³/mol. The first-order valence-electron chi connectivity index (χ1n) is 6.76. The first-order chi connectivity index (χ1) is 9.30. The largest absolute Gasteiger partial charge is 0.468 e. The van der Waals surface area contributed by atoms with E-state index in [1.54, 1.807) is 6.26 Å². The monoisotopic (exact) mass is 262 g/mol. The smallest absolute Gasteiger partial charge is 0.117 e. The molecular weight excluding hydrogens is 240 g/mol. The highest BCUT2D eigenvalue weighted by Crippen LogP contribution is 2.21. The van der Waals surface area contributed by atoms with E-state index in [4.69, 9.17) is 10.2 Å². The lowest BCUT2D eigenvalue weighted by atomic mass is 10.1. The standard InChI is InChI=1S/C14H22N4O/c1-3-17(10-12-6-5-7-19-12)13(8-15)14-9-16-11-18(14)4-2/h5-7,9,11,13H,3-4,8,10,15H2,1-2H3. The Morgan fingerprint density at radius 2 is 2.32 bits per heavy atom. The first-order valence-corrected chi connectivity index (χ1v) is 6.76. The molecule has 0 aliphatic carbocycles. The summed E-state index contributed by atoms with van der Waals surface area (Å²) in [7, 11) is 0. The highest BCUT2D eigenvalue weighted by atomic mass is 16.3. The van der Waals surface area contributed by atoms with Gasteiger partial charge >= 0.3 is 0 Å². The Labute approximate surface area is 114 Å². The van der Waals surface area contributed by atoms with Crippen molar-refractivity contribution in [3.63, 3.8) is 0 Å². The van der Waals surface area contributed by atoms with Crippen molar-refractivity contribution < 1.29 is 4.42 Å². The lowest BCUT2D eigenvalue weighted by molar-refractivity contribution is 0.181. The topological polar surface area (TPSA) is 60.2 Å². The minimum Gasteiger partial charge on any atom is -0.468 e. The Morgan fingerprint density at radius 3 is 2.89 bits per heavy atom. The van der Waals surface area contributed by atoms with E-state index in [-0.39, 0.29) is 6.04 Å². The van der Waals surface area contributed by atoms with E-state index in [0.717, 1.165) is 25.4 Å². The third-order valence-corrected chi connectivity index (χ3v) is 3.44. The molecule has 0 saturated carbocycles. The van der Waals surface area contributed by atoms with Crippen molar-refractivity contribution in [2.75, 3.05) is 13.1 Å². The number of hydrogen-bond donors (Lipinski definition) is 1. The molecule has 0 spiro atoms. The van der Waals surface area contributed by atoms with Gasteiger partial charge in [0.25, 0.3) is 0 Å². The molecule has 0 aliphatic rings. The molecule has 19 heavy (non-hydrogen) atoms. The summed E-state index contributed by atoms with van der Waals surface area (Å²) in [5.74, 6) is 0.961. The Morgan fingerprint density at radius 1 is 1.47 bits per heavy atom. The van der Waals surface area contributed by atoms with E-state index in [0.29, 0.717) is 6.54 Å². The van der Waals surface area contributed by atoms with Gasteiger partial charge in [0.2, 0.25) is 0 Å². The second-order valence-corrected chi connectivity index (χ2v) is 4.50. The molecule has 0 fully saturated rings. The van der Waals surface area contributed by atoms with Gasteiger partial charge in [-0.05, 0) is 25.6 Å². The molecule has 2 rings (SSSR count). The Hall–Kier alpha value is -1.59. The fourth-order valence-electron chi connectivity index (χ4n) is 2.37. The quantitative estimate of drug-likeness (QED) is 0.829. The molecule has 0 amide bonds. The maximum Gasteiger partial charge on any atom is 0.117 e. The molecular formula is C14H22N4O. The highest BCUT2D eigenvalue weighted by Gasteiger charge is 2.21. The van der Waals surface area contributed by atoms with Crippen LogP contribution in [0.5, 0.6) is 0 Å². The Kier molecular flexibility index (Phi) is 4.76. The summed E-state index contributed by atoms with van der Waals surface area (Å²) in [5, 5.41) is 0. The lowest BCUT2D eigenvalue weighted by Crippen LogP contribution is -2.34. The van der Waals surface area contributed by atoms with Gasteiger partial charge in [-0.15, -0.1) is 0 Å². The number of likely N-dealkylation sites (N-methyl/N-ethyl adjacent to an activating group) is 1. The minimum atomic E-state index is 0.164. The number of aromatic nitrogens is 2. The van der Waals surface area contributed by atoms with Gasteiger partial charge in [0, 0.05) is 19.3 Å². The molecule has 0 bridgehead atoms. The average molecular weight is 262 g/mol. The summed E-state index contributed by atoms with van der Waals surface area (Å²) < 4.78 is 7.57. The molecule has 0 aliphatic heterocycles. The van der Waals surface area contributed by atoms with E-state index < -0.39 is 0 Å². The zero-order chi connectivity index (χ0) is 13.7. The second kappa shape index (κ2) is 6.54. The van der Waals surface area contributed by atoms with Gasteiger partial charge < -0.3 is 14.7 Å². The number of rotatable bonds is 7. The van der Waals surface area contributed by atoms with Crippen molar-refractivity contribution in [3.05, 3.63) is 42.4 Å². The highest BCUT2D eigenvalue weighted by molar-refractivity contribution is 5.08. The molecule has 2 aromatic heterocycles. The van der Waals surface area contributed by atoms with E-state index in [1.165, 1.54) is 5.69 Å². The normalized spacial score (nSPS) is 13.1.